The van der Waals surface area contributed by atoms with Crippen LogP contribution in [-0.4, -0.2) is 43.4 Å². The summed E-state index contributed by atoms with van der Waals surface area (Å²) in [6.45, 7) is 2.53. The van der Waals surface area contributed by atoms with E-state index in [4.69, 9.17) is 9.47 Å². The summed E-state index contributed by atoms with van der Waals surface area (Å²) >= 11 is 0. The van der Waals surface area contributed by atoms with Crippen molar-refractivity contribution in [3.8, 4) is 0 Å². The molecule has 0 amide bonds. The Morgan fingerprint density at radius 2 is 2.22 bits per heavy atom. The van der Waals surface area contributed by atoms with Crippen molar-refractivity contribution in [1.29, 1.82) is 0 Å². The lowest BCUT2D eigenvalue weighted by Crippen LogP contribution is -2.09. The summed E-state index contributed by atoms with van der Waals surface area (Å²) in [5.41, 5.74) is -0.0107. The molecule has 18 heavy (non-hydrogen) atoms. The quantitative estimate of drug-likeness (QED) is 0.408. The van der Waals surface area contributed by atoms with Gasteiger partial charge < -0.3 is 14.8 Å². The van der Waals surface area contributed by atoms with Gasteiger partial charge in [0.25, 0.3) is 5.69 Å². The van der Waals surface area contributed by atoms with E-state index >= 15 is 0 Å². The third-order valence-electron chi connectivity index (χ3n) is 2.16. The van der Waals surface area contributed by atoms with E-state index in [1.54, 1.807) is 13.2 Å². The highest BCUT2D eigenvalue weighted by Crippen LogP contribution is 2.11. The molecule has 0 unspecified atom stereocenters. The van der Waals surface area contributed by atoms with Crippen molar-refractivity contribution in [1.82, 2.24) is 4.98 Å². The average molecular weight is 255 g/mol. The molecule has 0 aromatic carbocycles. The van der Waals surface area contributed by atoms with E-state index in [1.165, 1.54) is 12.3 Å². The molecule has 0 aliphatic rings. The Bertz CT molecular complexity index is 356. The molecule has 100 valence electrons. The molecule has 7 heteroatoms. The zero-order valence-electron chi connectivity index (χ0n) is 10.3. The van der Waals surface area contributed by atoms with Crippen LogP contribution >= 0.6 is 0 Å². The van der Waals surface area contributed by atoms with E-state index in [9.17, 15) is 10.1 Å². The number of nitrogens with zero attached hydrogens (tertiary/aromatic N) is 2. The summed E-state index contributed by atoms with van der Waals surface area (Å²) < 4.78 is 10.1. The fourth-order valence-corrected chi connectivity index (χ4v) is 1.23. The van der Waals surface area contributed by atoms with E-state index < -0.39 is 4.92 Å². The Hall–Kier alpha value is -1.73. The van der Waals surface area contributed by atoms with Crippen LogP contribution in [0.3, 0.4) is 0 Å². The Balaban J connectivity index is 2.14. The van der Waals surface area contributed by atoms with Crippen molar-refractivity contribution in [2.24, 2.45) is 0 Å². The summed E-state index contributed by atoms with van der Waals surface area (Å²) in [7, 11) is 1.63. The first-order valence-corrected chi connectivity index (χ1v) is 5.65. The van der Waals surface area contributed by atoms with E-state index in [0.29, 0.717) is 32.2 Å². The zero-order chi connectivity index (χ0) is 13.2. The van der Waals surface area contributed by atoms with Gasteiger partial charge in [0.2, 0.25) is 0 Å². The fraction of sp³-hybridized carbons (Fsp3) is 0.545. The van der Waals surface area contributed by atoms with E-state index in [-0.39, 0.29) is 5.69 Å². The van der Waals surface area contributed by atoms with Crippen molar-refractivity contribution in [3.63, 3.8) is 0 Å². The summed E-state index contributed by atoms with van der Waals surface area (Å²) in [5, 5.41) is 13.5. The first-order valence-electron chi connectivity index (χ1n) is 5.65. The van der Waals surface area contributed by atoms with Crippen LogP contribution in [-0.2, 0) is 9.47 Å². The Morgan fingerprint density at radius 3 is 2.83 bits per heavy atom. The maximum atomic E-state index is 10.4. The Morgan fingerprint density at radius 1 is 1.39 bits per heavy atom. The minimum absolute atomic E-state index is 0.0107. The van der Waals surface area contributed by atoms with Crippen LogP contribution < -0.4 is 5.32 Å². The van der Waals surface area contributed by atoms with Crippen molar-refractivity contribution in [2.45, 2.75) is 6.42 Å². The second kappa shape index (κ2) is 8.37. The third-order valence-corrected chi connectivity index (χ3v) is 2.16. The molecule has 1 N–H and O–H groups in total. The molecule has 0 spiro atoms. The first kappa shape index (κ1) is 14.3. The molecule has 0 aliphatic heterocycles. The number of methoxy groups -OCH3 is 1. The molecule has 7 nitrogen and oxygen atoms in total. The van der Waals surface area contributed by atoms with Gasteiger partial charge >= 0.3 is 0 Å². The fourth-order valence-electron chi connectivity index (χ4n) is 1.23. The number of hydrogen-bond acceptors (Lipinski definition) is 6. The third kappa shape index (κ3) is 5.55. The summed E-state index contributed by atoms with van der Waals surface area (Å²) in [6.07, 6.45) is 2.07. The predicted octanol–water partition coefficient (Wildman–Crippen LogP) is 1.45. The molecule has 1 aromatic rings. The number of nitro groups is 1. The van der Waals surface area contributed by atoms with Gasteiger partial charge in [0, 0.05) is 26.3 Å². The maximum absolute atomic E-state index is 10.4. The largest absolute Gasteiger partial charge is 0.382 e. The minimum Gasteiger partial charge on any atom is -0.382 e. The number of hydrogen-bond donors (Lipinski definition) is 1. The van der Waals surface area contributed by atoms with Gasteiger partial charge in [-0.15, -0.1) is 0 Å². The van der Waals surface area contributed by atoms with Gasteiger partial charge in [0.05, 0.1) is 18.1 Å². The molecule has 1 rings (SSSR count). The standard InChI is InChI=1S/C11H17N3O4/c1-17-7-8-18-6-2-5-12-11-4-3-10(9-13-11)14(15)16/h3-4,9H,2,5-8H2,1H3,(H,12,13). The molecule has 0 fully saturated rings. The van der Waals surface area contributed by atoms with Gasteiger partial charge in [-0.2, -0.15) is 0 Å². The zero-order valence-corrected chi connectivity index (χ0v) is 10.3. The summed E-state index contributed by atoms with van der Waals surface area (Å²) in [5.74, 6) is 0.623. The molecule has 1 heterocycles. The van der Waals surface area contributed by atoms with Crippen LogP contribution in [0.15, 0.2) is 18.3 Å². The highest BCUT2D eigenvalue weighted by Gasteiger charge is 2.04. The highest BCUT2D eigenvalue weighted by molar-refractivity contribution is 5.39. The van der Waals surface area contributed by atoms with Gasteiger partial charge in [-0.1, -0.05) is 0 Å². The van der Waals surface area contributed by atoms with Gasteiger partial charge in [-0.05, 0) is 12.5 Å². The number of anilines is 1. The topological polar surface area (TPSA) is 86.5 Å². The van der Waals surface area contributed by atoms with Crippen LogP contribution in [0.1, 0.15) is 6.42 Å². The van der Waals surface area contributed by atoms with E-state index in [2.05, 4.69) is 10.3 Å². The van der Waals surface area contributed by atoms with Crippen molar-refractivity contribution < 1.29 is 14.4 Å². The highest BCUT2D eigenvalue weighted by atomic mass is 16.6. The Labute approximate surface area is 105 Å². The number of rotatable bonds is 9. The Kier molecular flexibility index (Phi) is 6.67. The number of ether oxygens (including phenoxy) is 2. The van der Waals surface area contributed by atoms with Crippen molar-refractivity contribution in [2.75, 3.05) is 38.8 Å². The average Bonchev–Trinajstić information content (AvgIpc) is 2.38. The molecule has 0 bridgehead atoms. The van der Waals surface area contributed by atoms with E-state index in [0.717, 1.165) is 6.42 Å². The molecule has 0 saturated heterocycles. The molecule has 0 radical (unpaired) electrons. The molecule has 0 atom stereocenters. The smallest absolute Gasteiger partial charge is 0.287 e. The van der Waals surface area contributed by atoms with Gasteiger partial charge in [0.15, 0.2) is 0 Å². The maximum Gasteiger partial charge on any atom is 0.287 e. The number of pyridine rings is 1. The summed E-state index contributed by atoms with van der Waals surface area (Å²) in [4.78, 5) is 13.9. The lowest BCUT2D eigenvalue weighted by Gasteiger charge is -2.05. The molecular formula is C11H17N3O4. The summed E-state index contributed by atoms with van der Waals surface area (Å²) in [6, 6.07) is 3.01. The van der Waals surface area contributed by atoms with Gasteiger partial charge in [-0.25, -0.2) is 4.98 Å². The van der Waals surface area contributed by atoms with Gasteiger partial charge in [0.1, 0.15) is 12.0 Å². The number of aromatic nitrogens is 1. The lowest BCUT2D eigenvalue weighted by atomic mass is 10.4. The second-order valence-electron chi connectivity index (χ2n) is 3.54. The monoisotopic (exact) mass is 255 g/mol. The molecule has 0 aliphatic carbocycles. The van der Waals surface area contributed by atoms with Crippen LogP contribution in [0.2, 0.25) is 0 Å². The van der Waals surface area contributed by atoms with Crippen molar-refractivity contribution >= 4 is 11.5 Å². The molecule has 1 aromatic heterocycles. The molecule has 0 saturated carbocycles. The molecular weight excluding hydrogens is 238 g/mol. The normalized spacial score (nSPS) is 10.3. The van der Waals surface area contributed by atoms with Crippen LogP contribution in [0.5, 0.6) is 0 Å². The SMILES string of the molecule is COCCOCCCNc1ccc([N+](=O)[O-])cn1. The lowest BCUT2D eigenvalue weighted by molar-refractivity contribution is -0.385. The second-order valence-corrected chi connectivity index (χ2v) is 3.54. The predicted molar refractivity (Wildman–Crippen MR) is 66.7 cm³/mol. The van der Waals surface area contributed by atoms with Crippen LogP contribution in [0, 0.1) is 10.1 Å². The van der Waals surface area contributed by atoms with Crippen LogP contribution in [0.25, 0.3) is 0 Å². The number of nitrogens with one attached hydrogen (secondary N) is 1. The van der Waals surface area contributed by atoms with Crippen molar-refractivity contribution in [3.05, 3.63) is 28.4 Å². The van der Waals surface area contributed by atoms with Gasteiger partial charge in [-0.3, -0.25) is 10.1 Å². The first-order chi connectivity index (χ1) is 8.74. The minimum atomic E-state index is -0.472. The van der Waals surface area contributed by atoms with Crippen LogP contribution in [0.4, 0.5) is 11.5 Å². The van der Waals surface area contributed by atoms with E-state index in [1.807, 2.05) is 0 Å².